The highest BCUT2D eigenvalue weighted by Crippen LogP contribution is 2.26. The summed E-state index contributed by atoms with van der Waals surface area (Å²) in [5.41, 5.74) is 7.00. The maximum atomic E-state index is 11.8. The van der Waals surface area contributed by atoms with Crippen molar-refractivity contribution in [1.29, 1.82) is 0 Å². The van der Waals surface area contributed by atoms with Crippen LogP contribution in [0.15, 0.2) is 24.3 Å². The van der Waals surface area contributed by atoms with Crippen LogP contribution in [0.2, 0.25) is 0 Å². The Kier molecular flexibility index (Phi) is 5.27. The first-order valence-electron chi connectivity index (χ1n) is 7.32. The molecule has 1 aromatic rings. The average molecular weight is 291 g/mol. The third-order valence-corrected chi connectivity index (χ3v) is 4.05. The number of nitro benzene ring substituents is 1. The largest absolute Gasteiger partial charge is 0.356 e. The predicted octanol–water partition coefficient (Wildman–Crippen LogP) is 1.77. The topological polar surface area (TPSA) is 98.3 Å². The number of nitrogens with zero attached hydrogens (tertiary/aromatic N) is 1. The molecule has 3 N–H and O–H groups in total. The van der Waals surface area contributed by atoms with Crippen LogP contribution in [0.1, 0.15) is 31.2 Å². The number of carbonyl (C=O) groups is 1. The normalized spacial score (nSPS) is 21.2. The van der Waals surface area contributed by atoms with Gasteiger partial charge in [0.05, 0.1) is 4.92 Å². The van der Waals surface area contributed by atoms with Gasteiger partial charge in [0.15, 0.2) is 0 Å². The van der Waals surface area contributed by atoms with Gasteiger partial charge >= 0.3 is 0 Å². The minimum atomic E-state index is -0.420. The quantitative estimate of drug-likeness (QED) is 0.616. The first-order chi connectivity index (χ1) is 10.1. The molecule has 0 aliphatic heterocycles. The third kappa shape index (κ3) is 4.53. The van der Waals surface area contributed by atoms with Gasteiger partial charge in [0.1, 0.15) is 0 Å². The molecule has 0 unspecified atom stereocenters. The van der Waals surface area contributed by atoms with Crippen LogP contribution in [-0.2, 0) is 11.2 Å². The lowest BCUT2D eigenvalue weighted by atomic mass is 10.00. The Bertz CT molecular complexity index is 501. The van der Waals surface area contributed by atoms with Crippen LogP contribution < -0.4 is 11.1 Å². The fourth-order valence-electron chi connectivity index (χ4n) is 2.76. The van der Waals surface area contributed by atoms with Crippen molar-refractivity contribution in [3.63, 3.8) is 0 Å². The van der Waals surface area contributed by atoms with Gasteiger partial charge in [0, 0.05) is 31.1 Å². The summed E-state index contributed by atoms with van der Waals surface area (Å²) in [6.07, 6.45) is 4.33. The van der Waals surface area contributed by atoms with Crippen molar-refractivity contribution >= 4 is 11.6 Å². The molecule has 2 rings (SSSR count). The molecular weight excluding hydrogens is 270 g/mol. The zero-order valence-electron chi connectivity index (χ0n) is 12.0. The number of nitrogens with one attached hydrogen (secondary N) is 1. The maximum absolute atomic E-state index is 11.8. The van der Waals surface area contributed by atoms with E-state index < -0.39 is 4.92 Å². The van der Waals surface area contributed by atoms with Crippen molar-refractivity contribution in [3.05, 3.63) is 39.9 Å². The van der Waals surface area contributed by atoms with Gasteiger partial charge in [-0.05, 0) is 30.7 Å². The molecule has 0 aromatic heterocycles. The summed E-state index contributed by atoms with van der Waals surface area (Å²) in [4.78, 5) is 21.9. The highest BCUT2D eigenvalue weighted by molar-refractivity contribution is 5.76. The summed E-state index contributed by atoms with van der Waals surface area (Å²) in [6, 6.07) is 6.56. The van der Waals surface area contributed by atoms with E-state index in [0.717, 1.165) is 24.8 Å². The summed E-state index contributed by atoms with van der Waals surface area (Å²) in [6.45, 7) is 0.540. The monoisotopic (exact) mass is 291 g/mol. The molecule has 1 fully saturated rings. The number of hydrogen-bond acceptors (Lipinski definition) is 4. The van der Waals surface area contributed by atoms with E-state index in [1.54, 1.807) is 12.1 Å². The summed E-state index contributed by atoms with van der Waals surface area (Å²) >= 11 is 0. The Morgan fingerprint density at radius 2 is 2.05 bits per heavy atom. The lowest BCUT2D eigenvalue weighted by molar-refractivity contribution is -0.384. The van der Waals surface area contributed by atoms with Crippen molar-refractivity contribution < 1.29 is 9.72 Å². The minimum absolute atomic E-state index is 0.0410. The number of amides is 1. The average Bonchev–Trinajstić information content (AvgIpc) is 2.85. The fraction of sp³-hybridized carbons (Fsp3) is 0.533. The highest BCUT2D eigenvalue weighted by Gasteiger charge is 2.25. The van der Waals surface area contributed by atoms with Crippen molar-refractivity contribution in [1.82, 2.24) is 5.32 Å². The van der Waals surface area contributed by atoms with Crippen LogP contribution in [0.5, 0.6) is 0 Å². The molecule has 1 amide bonds. The summed E-state index contributed by atoms with van der Waals surface area (Å²) in [7, 11) is 0. The van der Waals surface area contributed by atoms with Gasteiger partial charge in [0.25, 0.3) is 5.69 Å². The van der Waals surface area contributed by atoms with Crippen LogP contribution in [0.25, 0.3) is 0 Å². The van der Waals surface area contributed by atoms with E-state index in [0.29, 0.717) is 25.3 Å². The summed E-state index contributed by atoms with van der Waals surface area (Å²) in [5.74, 6) is 0.351. The van der Waals surface area contributed by atoms with E-state index in [1.165, 1.54) is 12.1 Å². The number of nitro groups is 1. The molecule has 0 bridgehead atoms. The molecule has 1 aliphatic rings. The third-order valence-electron chi connectivity index (χ3n) is 4.05. The maximum Gasteiger partial charge on any atom is 0.269 e. The molecule has 1 saturated carbocycles. The highest BCUT2D eigenvalue weighted by atomic mass is 16.6. The first kappa shape index (κ1) is 15.4. The van der Waals surface area contributed by atoms with E-state index in [9.17, 15) is 14.9 Å². The number of carbonyl (C=O) groups excluding carboxylic acids is 1. The Morgan fingerprint density at radius 3 is 2.62 bits per heavy atom. The molecule has 6 heteroatoms. The van der Waals surface area contributed by atoms with Gasteiger partial charge in [-0.25, -0.2) is 0 Å². The molecule has 0 heterocycles. The number of benzene rings is 1. The minimum Gasteiger partial charge on any atom is -0.356 e. The van der Waals surface area contributed by atoms with Gasteiger partial charge < -0.3 is 11.1 Å². The molecule has 0 saturated heterocycles. The summed E-state index contributed by atoms with van der Waals surface area (Å²) in [5, 5.41) is 13.4. The zero-order chi connectivity index (χ0) is 15.2. The smallest absolute Gasteiger partial charge is 0.269 e. The lowest BCUT2D eigenvalue weighted by Gasteiger charge is -2.14. The van der Waals surface area contributed by atoms with E-state index in [4.69, 9.17) is 5.73 Å². The van der Waals surface area contributed by atoms with Gasteiger partial charge in [-0.3, -0.25) is 14.9 Å². The number of non-ortho nitro benzene ring substituents is 1. The van der Waals surface area contributed by atoms with Crippen LogP contribution in [-0.4, -0.2) is 23.4 Å². The molecule has 1 aliphatic carbocycles. The van der Waals surface area contributed by atoms with Gasteiger partial charge in [-0.15, -0.1) is 0 Å². The fourth-order valence-corrected chi connectivity index (χ4v) is 2.76. The van der Waals surface area contributed by atoms with Gasteiger partial charge in [-0.1, -0.05) is 18.6 Å². The first-order valence-corrected chi connectivity index (χ1v) is 7.32. The molecule has 114 valence electrons. The van der Waals surface area contributed by atoms with E-state index in [1.807, 2.05) is 0 Å². The van der Waals surface area contributed by atoms with Crippen LogP contribution in [0.4, 0.5) is 5.69 Å². The Morgan fingerprint density at radius 1 is 1.33 bits per heavy atom. The van der Waals surface area contributed by atoms with Crippen LogP contribution >= 0.6 is 0 Å². The number of nitrogens with two attached hydrogens (primary N) is 1. The second-order valence-corrected chi connectivity index (χ2v) is 5.58. The molecule has 0 spiro atoms. The lowest BCUT2D eigenvalue weighted by Crippen LogP contribution is -2.32. The van der Waals surface area contributed by atoms with Gasteiger partial charge in [0.2, 0.25) is 5.91 Å². The van der Waals surface area contributed by atoms with Crippen molar-refractivity contribution in [3.8, 4) is 0 Å². The van der Waals surface area contributed by atoms with Crippen LogP contribution in [0.3, 0.4) is 0 Å². The van der Waals surface area contributed by atoms with Crippen molar-refractivity contribution in [2.24, 2.45) is 11.7 Å². The SMILES string of the molecule is N[C@@H]1CCC[C@H]1CC(=O)NCCc1ccc([N+](=O)[O-])cc1. The second-order valence-electron chi connectivity index (χ2n) is 5.58. The van der Waals surface area contributed by atoms with E-state index in [2.05, 4.69) is 5.32 Å². The molecule has 2 atom stereocenters. The summed E-state index contributed by atoms with van der Waals surface area (Å²) < 4.78 is 0. The Hall–Kier alpha value is -1.95. The van der Waals surface area contributed by atoms with E-state index in [-0.39, 0.29) is 17.6 Å². The van der Waals surface area contributed by atoms with Crippen molar-refractivity contribution in [2.45, 2.75) is 38.1 Å². The molecule has 1 aromatic carbocycles. The Labute approximate surface area is 123 Å². The predicted molar refractivity (Wildman–Crippen MR) is 79.7 cm³/mol. The Balaban J connectivity index is 1.71. The second kappa shape index (κ2) is 7.17. The molecule has 6 nitrogen and oxygen atoms in total. The standard InChI is InChI=1S/C15H21N3O3/c16-14-3-1-2-12(14)10-15(19)17-9-8-11-4-6-13(7-5-11)18(20)21/h4-7,12,14H,1-3,8-10,16H2,(H,17,19)/t12-,14+/m0/s1. The van der Waals surface area contributed by atoms with Gasteiger partial charge in [-0.2, -0.15) is 0 Å². The van der Waals surface area contributed by atoms with Crippen LogP contribution in [0, 0.1) is 16.0 Å². The molecule has 21 heavy (non-hydrogen) atoms. The molecular formula is C15H21N3O3. The van der Waals surface area contributed by atoms with E-state index >= 15 is 0 Å². The van der Waals surface area contributed by atoms with Crippen molar-refractivity contribution in [2.75, 3.05) is 6.54 Å². The zero-order valence-corrected chi connectivity index (χ0v) is 12.0. The molecule has 0 radical (unpaired) electrons. The number of rotatable bonds is 6. The number of hydrogen-bond donors (Lipinski definition) is 2.